The molecule has 1 aromatic heterocycles. The lowest BCUT2D eigenvalue weighted by atomic mass is 9.87. The van der Waals surface area contributed by atoms with Crippen LogP contribution in [0.15, 0.2) is 205 Å². The molecule has 2 N–H and O–H groups in total. The summed E-state index contributed by atoms with van der Waals surface area (Å²) < 4.78 is 2.47. The van der Waals surface area contributed by atoms with Crippen LogP contribution in [0.25, 0.3) is 65.9 Å². The van der Waals surface area contributed by atoms with Crippen molar-refractivity contribution >= 4 is 66.3 Å². The van der Waals surface area contributed by atoms with E-state index in [1.165, 1.54) is 65.7 Å². The Morgan fingerprint density at radius 2 is 1.18 bits per heavy atom. The maximum absolute atomic E-state index is 5.30. The summed E-state index contributed by atoms with van der Waals surface area (Å²) in [7, 11) is 0. The monoisotopic (exact) mass is 783 g/mol. The van der Waals surface area contributed by atoms with Gasteiger partial charge in [0.25, 0.3) is 0 Å². The topological polar surface area (TPSA) is 44.6 Å². The number of aryl methyl sites for hydroxylation is 1. The minimum Gasteiger partial charge on any atom is -0.359 e. The Morgan fingerprint density at radius 1 is 0.525 bits per heavy atom. The molecule has 0 fully saturated rings. The van der Waals surface area contributed by atoms with E-state index in [2.05, 4.69) is 227 Å². The second-order valence-corrected chi connectivity index (χ2v) is 16.1. The maximum atomic E-state index is 5.30. The fourth-order valence-corrected chi connectivity index (χ4v) is 9.79. The van der Waals surface area contributed by atoms with Gasteiger partial charge in [0.15, 0.2) is 0 Å². The highest BCUT2D eigenvalue weighted by molar-refractivity contribution is 6.31. The number of aliphatic imine (C=N–C) groups is 1. The number of hydrogen-bond donors (Lipinski definition) is 2. The summed E-state index contributed by atoms with van der Waals surface area (Å²) in [5, 5.41) is 13.6. The first-order valence-electron chi connectivity index (χ1n) is 21.1. The van der Waals surface area contributed by atoms with Crippen molar-refractivity contribution in [1.29, 1.82) is 0 Å². The molecule has 290 valence electrons. The normalized spacial score (nSPS) is 15.0. The lowest BCUT2D eigenvalue weighted by Gasteiger charge is -2.25. The van der Waals surface area contributed by atoms with Gasteiger partial charge in [-0.05, 0) is 105 Å². The van der Waals surface area contributed by atoms with Crippen LogP contribution in [0.3, 0.4) is 0 Å². The zero-order valence-corrected chi connectivity index (χ0v) is 33.7. The number of aromatic nitrogens is 1. The molecule has 0 radical (unpaired) electrons. The number of benzene rings is 9. The number of amidine groups is 1. The number of fused-ring (bicyclic) bond motifs is 8. The van der Waals surface area contributed by atoms with Crippen LogP contribution >= 0.6 is 0 Å². The van der Waals surface area contributed by atoms with E-state index in [0.717, 1.165) is 51.8 Å². The van der Waals surface area contributed by atoms with Crippen molar-refractivity contribution in [2.45, 2.75) is 19.5 Å². The molecule has 1 atom stereocenters. The highest BCUT2D eigenvalue weighted by atomic mass is 15.5. The number of rotatable bonds is 6. The predicted molar refractivity (Wildman–Crippen MR) is 255 cm³/mol. The first kappa shape index (κ1) is 35.2. The van der Waals surface area contributed by atoms with Gasteiger partial charge in [0.2, 0.25) is 0 Å². The van der Waals surface area contributed by atoms with Crippen LogP contribution in [-0.2, 0) is 6.54 Å². The Labute approximate surface area is 354 Å². The second kappa shape index (κ2) is 14.2. The van der Waals surface area contributed by atoms with Crippen molar-refractivity contribution in [3.63, 3.8) is 0 Å². The van der Waals surface area contributed by atoms with E-state index in [4.69, 9.17) is 4.99 Å². The first-order chi connectivity index (χ1) is 30.2. The summed E-state index contributed by atoms with van der Waals surface area (Å²) in [6, 6.07) is 69.9. The number of nitrogens with one attached hydrogen (secondary N) is 2. The minimum absolute atomic E-state index is 0.0400. The summed E-state index contributed by atoms with van der Waals surface area (Å²) in [6.07, 6.45) is 2.24. The Kier molecular flexibility index (Phi) is 8.22. The first-order valence-corrected chi connectivity index (χ1v) is 21.1. The smallest absolute Gasteiger partial charge is 0.134 e. The predicted octanol–water partition coefficient (Wildman–Crippen LogP) is 13.4. The van der Waals surface area contributed by atoms with Gasteiger partial charge in [0, 0.05) is 34.0 Å². The number of hydrogen-bond acceptors (Lipinski definition) is 4. The van der Waals surface area contributed by atoms with Gasteiger partial charge >= 0.3 is 0 Å². The van der Waals surface area contributed by atoms with E-state index in [1.807, 2.05) is 0 Å². The molecule has 0 saturated carbocycles. The van der Waals surface area contributed by atoms with Crippen LogP contribution in [0, 0.1) is 6.92 Å². The average molecular weight is 784 g/mol. The molecule has 2 aliphatic rings. The van der Waals surface area contributed by atoms with Crippen LogP contribution in [0.4, 0.5) is 11.4 Å². The minimum atomic E-state index is -0.0400. The molecule has 9 aromatic carbocycles. The van der Waals surface area contributed by atoms with E-state index in [0.29, 0.717) is 0 Å². The van der Waals surface area contributed by atoms with Gasteiger partial charge in [-0.1, -0.05) is 152 Å². The van der Waals surface area contributed by atoms with Gasteiger partial charge in [0.05, 0.1) is 34.1 Å². The third-order valence-electron chi connectivity index (χ3n) is 12.6. The highest BCUT2D eigenvalue weighted by Crippen LogP contribution is 2.47. The lowest BCUT2D eigenvalue weighted by Crippen LogP contribution is -2.31. The Bertz CT molecular complexity index is 3390. The summed E-state index contributed by atoms with van der Waals surface area (Å²) in [5.74, 6) is 0.845. The maximum Gasteiger partial charge on any atom is 0.134 e. The van der Waals surface area contributed by atoms with Gasteiger partial charge in [-0.3, -0.25) is 5.01 Å². The molecule has 61 heavy (non-hydrogen) atoms. The molecule has 10 aromatic rings. The van der Waals surface area contributed by atoms with E-state index < -0.39 is 0 Å². The Hall–Kier alpha value is -7.73. The van der Waals surface area contributed by atoms with Crippen molar-refractivity contribution in [3.8, 4) is 16.8 Å². The fraction of sp³-hybridized carbons (Fsp3) is 0.0536. The van der Waals surface area contributed by atoms with Gasteiger partial charge in [-0.25, -0.2) is 10.4 Å². The molecule has 0 aliphatic carbocycles. The van der Waals surface area contributed by atoms with E-state index in [9.17, 15) is 0 Å². The molecular weight excluding hydrogens is 743 g/mol. The van der Waals surface area contributed by atoms with Crippen molar-refractivity contribution < 1.29 is 0 Å². The van der Waals surface area contributed by atoms with Crippen LogP contribution in [0.2, 0.25) is 0 Å². The zero-order chi connectivity index (χ0) is 40.4. The molecule has 12 rings (SSSR count). The highest BCUT2D eigenvalue weighted by Gasteiger charge is 2.27. The number of para-hydroxylation sites is 1. The van der Waals surface area contributed by atoms with E-state index in [1.54, 1.807) is 0 Å². The SMILES string of the molecule is Cc1c(-c2ccccc2)c2ccc3c(c4cc5c(cc4n3-c3cccc(C4=NC(c6ccccc6)=CC(c6ccccc6)N4)c3)N(c3ccccc3)NC5)c2c2ccccc12. The zero-order valence-electron chi connectivity index (χ0n) is 33.7. The molecule has 0 spiro atoms. The molecule has 0 bridgehead atoms. The summed E-state index contributed by atoms with van der Waals surface area (Å²) in [6.45, 7) is 3.02. The number of nitrogens with zero attached hydrogens (tertiary/aromatic N) is 3. The quantitative estimate of drug-likeness (QED) is 0.165. The fourth-order valence-electron chi connectivity index (χ4n) is 9.79. The van der Waals surface area contributed by atoms with Crippen molar-refractivity contribution in [1.82, 2.24) is 15.3 Å². The number of anilines is 2. The molecule has 5 heteroatoms. The molecule has 3 heterocycles. The lowest BCUT2D eigenvalue weighted by molar-refractivity contribution is 0.766. The van der Waals surface area contributed by atoms with Gasteiger partial charge in [-0.15, -0.1) is 0 Å². The molecule has 1 unspecified atom stereocenters. The van der Waals surface area contributed by atoms with Crippen molar-refractivity contribution in [2.24, 2.45) is 4.99 Å². The largest absolute Gasteiger partial charge is 0.359 e. The van der Waals surface area contributed by atoms with Gasteiger partial charge in [-0.2, -0.15) is 0 Å². The second-order valence-electron chi connectivity index (χ2n) is 16.1. The summed E-state index contributed by atoms with van der Waals surface area (Å²) in [4.78, 5) is 5.30. The number of hydrazine groups is 1. The summed E-state index contributed by atoms with van der Waals surface area (Å²) in [5.41, 5.74) is 18.7. The Balaban J connectivity index is 1.13. The van der Waals surface area contributed by atoms with Crippen molar-refractivity contribution in [3.05, 3.63) is 228 Å². The van der Waals surface area contributed by atoms with Gasteiger partial charge < -0.3 is 9.88 Å². The van der Waals surface area contributed by atoms with Gasteiger partial charge in [0.1, 0.15) is 5.84 Å². The van der Waals surface area contributed by atoms with Crippen LogP contribution < -0.4 is 15.8 Å². The molecule has 0 saturated heterocycles. The molecule has 2 aliphatic heterocycles. The average Bonchev–Trinajstić information content (AvgIpc) is 3.90. The molecular formula is C56H41N5. The molecule has 0 amide bonds. The van der Waals surface area contributed by atoms with E-state index in [-0.39, 0.29) is 6.04 Å². The van der Waals surface area contributed by atoms with Crippen LogP contribution in [-0.4, -0.2) is 10.4 Å². The Morgan fingerprint density at radius 3 is 1.95 bits per heavy atom. The van der Waals surface area contributed by atoms with E-state index >= 15 is 0 Å². The third-order valence-corrected chi connectivity index (χ3v) is 12.6. The van der Waals surface area contributed by atoms with Crippen LogP contribution in [0.1, 0.15) is 33.9 Å². The van der Waals surface area contributed by atoms with Crippen molar-refractivity contribution in [2.75, 3.05) is 5.01 Å². The van der Waals surface area contributed by atoms with Crippen LogP contribution in [0.5, 0.6) is 0 Å². The molecule has 5 nitrogen and oxygen atoms in total. The third kappa shape index (κ3) is 5.77. The standard InChI is InChI=1S/C56H41N5/c1-36-44-27-14-15-28-45(44)54-46(53(36)39-21-10-4-11-22-39)29-30-50-55(54)47-32-41-35-57-61(42-24-12-5-13-25-42)51(41)34-52(47)60(50)43-26-16-23-40(31-43)56-58-48(37-17-6-2-7-18-37)33-49(59-56)38-19-8-3-9-20-38/h2-34,48,57H,35H2,1H3,(H,58,59). The summed E-state index contributed by atoms with van der Waals surface area (Å²) >= 11 is 0.